The summed E-state index contributed by atoms with van der Waals surface area (Å²) in [5, 5.41) is 60.8. The fourth-order valence-corrected chi connectivity index (χ4v) is 7.84. The van der Waals surface area contributed by atoms with Crippen LogP contribution >= 0.6 is 0 Å². The molecule has 378 valence electrons. The summed E-state index contributed by atoms with van der Waals surface area (Å²) in [6, 6.07) is 26.0. The van der Waals surface area contributed by atoms with Gasteiger partial charge in [-0.1, -0.05) is 68.4 Å². The van der Waals surface area contributed by atoms with E-state index in [1.807, 2.05) is 74.5 Å². The number of aliphatic hydroxyl groups is 5. The normalized spacial score (nSPS) is 14.5. The lowest BCUT2D eigenvalue weighted by Crippen LogP contribution is -2.52. The first-order chi connectivity index (χ1) is 33.9. The Balaban J connectivity index is 1.05. The number of fused-ring (bicyclic) bond motifs is 1. The number of ether oxygens (including phenoxy) is 3. The number of anilines is 1. The number of hydrazone groups is 1. The second-order valence-corrected chi connectivity index (χ2v) is 18.7. The number of benzene rings is 3. The van der Waals surface area contributed by atoms with Crippen molar-refractivity contribution in [2.45, 2.75) is 74.9 Å². The number of hydrogen-bond donors (Lipinski definition) is 9. The van der Waals surface area contributed by atoms with Gasteiger partial charge < -0.3 is 60.2 Å². The lowest BCUT2D eigenvalue weighted by Gasteiger charge is -2.27. The molecule has 0 saturated heterocycles. The van der Waals surface area contributed by atoms with Crippen LogP contribution in [0, 0.1) is 5.41 Å². The first-order valence-corrected chi connectivity index (χ1v) is 23.9. The SMILES string of the molecule is CC(C)(CCCCOc1cc(-c2ccc3c(c2)OCO3)cc(-c2ccccc2)n1)CNC(=O)C(CC(=O)NC[C@H](O)[C@@H](O)[C@H](O)[C@H](O)CO)NC(=O)c1ccc(N/N=C/c2ccccc2S(=O)(=O)[O-])nc1. The Morgan fingerprint density at radius 1 is 0.859 bits per heavy atom. The highest BCUT2D eigenvalue weighted by molar-refractivity contribution is 7.85. The maximum absolute atomic E-state index is 13.7. The van der Waals surface area contributed by atoms with E-state index in [1.165, 1.54) is 30.3 Å². The van der Waals surface area contributed by atoms with Crippen molar-refractivity contribution in [3.05, 3.63) is 114 Å². The molecule has 71 heavy (non-hydrogen) atoms. The third-order valence-electron chi connectivity index (χ3n) is 11.3. The van der Waals surface area contributed by atoms with E-state index in [0.717, 1.165) is 40.9 Å². The number of carbonyl (C=O) groups is 3. The van der Waals surface area contributed by atoms with Gasteiger partial charge in [-0.15, -0.1) is 0 Å². The van der Waals surface area contributed by atoms with E-state index in [2.05, 4.69) is 31.5 Å². The number of aromatic nitrogens is 2. The molecule has 9 N–H and O–H groups in total. The number of hydrogen-bond acceptors (Lipinski definition) is 18. The lowest BCUT2D eigenvalue weighted by atomic mass is 9.87. The molecule has 1 unspecified atom stereocenters. The Hall–Kier alpha value is -7.05. The lowest BCUT2D eigenvalue weighted by molar-refractivity contribution is -0.130. The minimum absolute atomic E-state index is 0.0239. The zero-order valence-corrected chi connectivity index (χ0v) is 39.6. The van der Waals surface area contributed by atoms with Crippen LogP contribution in [0.25, 0.3) is 22.4 Å². The van der Waals surface area contributed by atoms with Crippen molar-refractivity contribution in [2.24, 2.45) is 10.5 Å². The fourth-order valence-electron chi connectivity index (χ4n) is 7.19. The average Bonchev–Trinajstić information content (AvgIpc) is 3.85. The molecule has 1 aliphatic heterocycles. The molecule has 3 aromatic carbocycles. The summed E-state index contributed by atoms with van der Waals surface area (Å²) in [5.74, 6) is -0.439. The molecule has 3 heterocycles. The molecule has 5 atom stereocenters. The third-order valence-corrected chi connectivity index (χ3v) is 12.2. The molecule has 5 aromatic rings. The van der Waals surface area contributed by atoms with E-state index in [4.69, 9.17) is 24.3 Å². The number of nitrogens with one attached hydrogen (secondary N) is 4. The van der Waals surface area contributed by atoms with E-state index in [-0.39, 0.29) is 30.3 Å². The quantitative estimate of drug-likeness (QED) is 0.0175. The molecule has 3 amide bonds. The summed E-state index contributed by atoms with van der Waals surface area (Å²) in [5.41, 5.74) is 5.56. The molecule has 0 aliphatic carbocycles. The summed E-state index contributed by atoms with van der Waals surface area (Å²) >= 11 is 0. The maximum atomic E-state index is 13.7. The minimum atomic E-state index is -4.77. The number of aliphatic hydroxyl groups excluding tert-OH is 5. The highest BCUT2D eigenvalue weighted by atomic mass is 32.2. The Bertz CT molecular complexity index is 2750. The fraction of sp³-hybridized carbons (Fsp3) is 0.347. The second-order valence-electron chi connectivity index (χ2n) is 17.3. The first-order valence-electron chi connectivity index (χ1n) is 22.5. The Morgan fingerprint density at radius 3 is 2.32 bits per heavy atom. The standard InChI is InChI=1S/C49H57N7O14S/c1-49(2,18-8-9-19-68-44-22-34(20-35(54-44)30-10-4-3-5-11-30)31-14-16-39-40(21-31)70-29-69-39)28-52-48(64)36(23-43(60)51-26-37(58)45(61)46(62)38(59)27-57)55-47(63)33-15-17-42(50-24-33)56-53-25-32-12-6-7-13-41(32)71(65,66)67/h3-7,10-17,20-22,24-25,36-38,45-46,57-59,61-62H,8-9,18-19,23,26-29H2,1-2H3,(H,50,56)(H,51,60)(H,52,64)(H,55,63)(H,65,66,67)/p-1/b53-25+/t36?,37-,38+,45+,46+/m0/s1. The van der Waals surface area contributed by atoms with Gasteiger partial charge in [-0.05, 0) is 72.2 Å². The average molecular weight is 999 g/mol. The molecule has 0 fully saturated rings. The van der Waals surface area contributed by atoms with Crippen LogP contribution in [-0.2, 0) is 19.7 Å². The molecule has 21 nitrogen and oxygen atoms in total. The predicted molar refractivity (Wildman–Crippen MR) is 257 cm³/mol. The van der Waals surface area contributed by atoms with Crippen LogP contribution in [-0.4, -0.2) is 136 Å². The topological polar surface area (TPSA) is 324 Å². The van der Waals surface area contributed by atoms with Crippen LogP contribution in [0.3, 0.4) is 0 Å². The number of pyridine rings is 2. The molecular formula is C49H56N7O14S-. The van der Waals surface area contributed by atoms with Gasteiger partial charge in [-0.3, -0.25) is 19.8 Å². The van der Waals surface area contributed by atoms with E-state index < -0.39 is 88.2 Å². The van der Waals surface area contributed by atoms with Gasteiger partial charge in [0, 0.05) is 36.5 Å². The summed E-state index contributed by atoms with van der Waals surface area (Å²) in [7, 11) is -4.77. The van der Waals surface area contributed by atoms with Gasteiger partial charge in [0.25, 0.3) is 5.91 Å². The summed E-state index contributed by atoms with van der Waals surface area (Å²) in [6.45, 7) is 3.03. The van der Waals surface area contributed by atoms with Crippen molar-refractivity contribution in [3.8, 4) is 39.8 Å². The number of unbranched alkanes of at least 4 members (excludes halogenated alkanes) is 1. The molecule has 6 rings (SSSR count). The van der Waals surface area contributed by atoms with Crippen LogP contribution in [0.1, 0.15) is 55.5 Å². The smallest absolute Gasteiger partial charge is 0.253 e. The van der Waals surface area contributed by atoms with Crippen molar-refractivity contribution in [1.29, 1.82) is 0 Å². The van der Waals surface area contributed by atoms with Gasteiger partial charge in [0.2, 0.25) is 24.5 Å². The van der Waals surface area contributed by atoms with E-state index in [0.29, 0.717) is 43.2 Å². The Morgan fingerprint density at radius 2 is 1.59 bits per heavy atom. The molecule has 0 spiro atoms. The van der Waals surface area contributed by atoms with Crippen molar-refractivity contribution in [3.63, 3.8) is 0 Å². The van der Waals surface area contributed by atoms with E-state index in [9.17, 15) is 47.8 Å². The van der Waals surface area contributed by atoms with Crippen LogP contribution in [0.5, 0.6) is 17.4 Å². The zero-order valence-electron chi connectivity index (χ0n) is 38.8. The van der Waals surface area contributed by atoms with E-state index in [1.54, 1.807) is 0 Å². The molecule has 0 bridgehead atoms. The Labute approximate surface area is 409 Å². The van der Waals surface area contributed by atoms with Gasteiger partial charge in [0.1, 0.15) is 40.3 Å². The zero-order chi connectivity index (χ0) is 51.1. The molecule has 0 saturated carbocycles. The van der Waals surface area contributed by atoms with Crippen LogP contribution in [0.15, 0.2) is 113 Å². The second kappa shape index (κ2) is 24.7. The molecular weight excluding hydrogens is 943 g/mol. The molecule has 1 aliphatic rings. The highest BCUT2D eigenvalue weighted by Gasteiger charge is 2.31. The minimum Gasteiger partial charge on any atom is -0.744 e. The van der Waals surface area contributed by atoms with Gasteiger partial charge in [0.05, 0.1) is 48.1 Å². The van der Waals surface area contributed by atoms with Crippen molar-refractivity contribution < 1.29 is 67.1 Å². The predicted octanol–water partition coefficient (Wildman–Crippen LogP) is 2.32. The maximum Gasteiger partial charge on any atom is 0.253 e. The van der Waals surface area contributed by atoms with Gasteiger partial charge >= 0.3 is 0 Å². The summed E-state index contributed by atoms with van der Waals surface area (Å²) in [4.78, 5) is 48.7. The molecule has 22 heteroatoms. The third kappa shape index (κ3) is 15.5. The number of amides is 3. The number of carbonyl (C=O) groups excluding carboxylic acids is 3. The van der Waals surface area contributed by atoms with Gasteiger partial charge in [0.15, 0.2) is 11.5 Å². The monoisotopic (exact) mass is 998 g/mol. The molecule has 2 aromatic heterocycles. The molecule has 0 radical (unpaired) electrons. The summed E-state index contributed by atoms with van der Waals surface area (Å²) in [6.07, 6.45) is -3.79. The van der Waals surface area contributed by atoms with Crippen molar-refractivity contribution in [1.82, 2.24) is 25.9 Å². The number of nitrogens with zero attached hydrogens (tertiary/aromatic N) is 3. The summed E-state index contributed by atoms with van der Waals surface area (Å²) < 4.78 is 52.0. The van der Waals surface area contributed by atoms with Crippen molar-refractivity contribution >= 4 is 39.9 Å². The van der Waals surface area contributed by atoms with Crippen LogP contribution < -0.4 is 35.6 Å². The van der Waals surface area contributed by atoms with Gasteiger partial charge in [-0.25, -0.2) is 18.4 Å². The largest absolute Gasteiger partial charge is 0.744 e. The number of rotatable bonds is 25. The van der Waals surface area contributed by atoms with Crippen LogP contribution in [0.4, 0.5) is 5.82 Å². The highest BCUT2D eigenvalue weighted by Crippen LogP contribution is 2.37. The Kier molecular flexibility index (Phi) is 18.5. The van der Waals surface area contributed by atoms with Crippen LogP contribution in [0.2, 0.25) is 0 Å². The van der Waals surface area contributed by atoms with Crippen molar-refractivity contribution in [2.75, 3.05) is 38.5 Å². The first kappa shape index (κ1) is 53.3. The van der Waals surface area contributed by atoms with E-state index >= 15 is 0 Å². The van der Waals surface area contributed by atoms with Gasteiger partial charge in [-0.2, -0.15) is 5.10 Å².